The SMILES string of the molecule is Cc1ccc(Cl)cc1Nc1nncc(N2CCC(C)CC2)n1. The van der Waals surface area contributed by atoms with E-state index in [0.29, 0.717) is 11.0 Å². The number of nitrogens with one attached hydrogen (secondary N) is 1. The normalized spacial score (nSPS) is 15.9. The third kappa shape index (κ3) is 3.47. The van der Waals surface area contributed by atoms with Crippen molar-refractivity contribution in [3.8, 4) is 0 Å². The molecule has 0 spiro atoms. The van der Waals surface area contributed by atoms with Gasteiger partial charge in [0.25, 0.3) is 0 Å². The molecule has 2 aromatic rings. The molecule has 0 bridgehead atoms. The lowest BCUT2D eigenvalue weighted by Crippen LogP contribution is -2.33. The summed E-state index contributed by atoms with van der Waals surface area (Å²) in [5, 5.41) is 12.0. The zero-order valence-electron chi connectivity index (χ0n) is 12.9. The Bertz CT molecular complexity index is 653. The molecule has 0 atom stereocenters. The van der Waals surface area contributed by atoms with Gasteiger partial charge in [0.05, 0.1) is 6.20 Å². The lowest BCUT2D eigenvalue weighted by atomic mass is 9.99. The van der Waals surface area contributed by atoms with Crippen molar-refractivity contribution in [2.24, 2.45) is 5.92 Å². The zero-order valence-corrected chi connectivity index (χ0v) is 13.6. The number of aromatic nitrogens is 3. The molecule has 2 heterocycles. The second-order valence-electron chi connectivity index (χ2n) is 5.89. The molecule has 116 valence electrons. The van der Waals surface area contributed by atoms with Gasteiger partial charge in [0, 0.05) is 23.8 Å². The van der Waals surface area contributed by atoms with Gasteiger partial charge in [-0.1, -0.05) is 24.6 Å². The van der Waals surface area contributed by atoms with Gasteiger partial charge in [0.2, 0.25) is 5.95 Å². The van der Waals surface area contributed by atoms with E-state index >= 15 is 0 Å². The topological polar surface area (TPSA) is 53.9 Å². The van der Waals surface area contributed by atoms with Crippen LogP contribution in [0.25, 0.3) is 0 Å². The Kier molecular flexibility index (Phi) is 4.43. The van der Waals surface area contributed by atoms with Gasteiger partial charge in [0.15, 0.2) is 5.82 Å². The van der Waals surface area contributed by atoms with Crippen molar-refractivity contribution in [2.75, 3.05) is 23.3 Å². The maximum Gasteiger partial charge on any atom is 0.249 e. The van der Waals surface area contributed by atoms with Crippen molar-refractivity contribution in [1.29, 1.82) is 0 Å². The van der Waals surface area contributed by atoms with Gasteiger partial charge in [-0.3, -0.25) is 0 Å². The first-order valence-electron chi connectivity index (χ1n) is 7.59. The number of aryl methyl sites for hydroxylation is 1. The van der Waals surface area contributed by atoms with Crippen LogP contribution in [0.5, 0.6) is 0 Å². The van der Waals surface area contributed by atoms with Gasteiger partial charge in [-0.2, -0.15) is 10.1 Å². The molecule has 3 rings (SSSR count). The van der Waals surface area contributed by atoms with E-state index in [-0.39, 0.29) is 0 Å². The minimum atomic E-state index is 0.501. The van der Waals surface area contributed by atoms with Crippen LogP contribution in [-0.2, 0) is 0 Å². The zero-order chi connectivity index (χ0) is 15.5. The molecule has 0 unspecified atom stereocenters. The smallest absolute Gasteiger partial charge is 0.249 e. The maximum atomic E-state index is 6.05. The monoisotopic (exact) mass is 317 g/mol. The van der Waals surface area contributed by atoms with Crippen LogP contribution in [0.4, 0.5) is 17.5 Å². The third-order valence-electron chi connectivity index (χ3n) is 4.10. The number of rotatable bonds is 3. The third-order valence-corrected chi connectivity index (χ3v) is 4.33. The fourth-order valence-electron chi connectivity index (χ4n) is 2.59. The van der Waals surface area contributed by atoms with Crippen molar-refractivity contribution in [3.63, 3.8) is 0 Å². The van der Waals surface area contributed by atoms with Crippen LogP contribution in [0.3, 0.4) is 0 Å². The molecule has 1 aromatic carbocycles. The molecule has 1 aromatic heterocycles. The van der Waals surface area contributed by atoms with Crippen LogP contribution in [-0.4, -0.2) is 28.3 Å². The Hall–Kier alpha value is -1.88. The van der Waals surface area contributed by atoms with E-state index in [1.165, 1.54) is 12.8 Å². The molecule has 5 nitrogen and oxygen atoms in total. The van der Waals surface area contributed by atoms with Crippen LogP contribution in [0, 0.1) is 12.8 Å². The van der Waals surface area contributed by atoms with E-state index in [1.807, 2.05) is 25.1 Å². The van der Waals surface area contributed by atoms with E-state index in [9.17, 15) is 0 Å². The van der Waals surface area contributed by atoms with Crippen LogP contribution in [0.2, 0.25) is 5.02 Å². The minimum absolute atomic E-state index is 0.501. The summed E-state index contributed by atoms with van der Waals surface area (Å²) in [6.45, 7) is 6.36. The predicted molar refractivity (Wildman–Crippen MR) is 89.9 cm³/mol. The van der Waals surface area contributed by atoms with Crippen LogP contribution >= 0.6 is 11.6 Å². The fourth-order valence-corrected chi connectivity index (χ4v) is 2.76. The van der Waals surface area contributed by atoms with Gasteiger partial charge >= 0.3 is 0 Å². The first-order valence-corrected chi connectivity index (χ1v) is 7.97. The van der Waals surface area contributed by atoms with Crippen LogP contribution in [0.1, 0.15) is 25.3 Å². The Morgan fingerprint density at radius 2 is 2.05 bits per heavy atom. The first-order chi connectivity index (χ1) is 10.6. The van der Waals surface area contributed by atoms with E-state index in [2.05, 4.69) is 32.3 Å². The number of hydrogen-bond donors (Lipinski definition) is 1. The molecule has 6 heteroatoms. The molecule has 1 saturated heterocycles. The van der Waals surface area contributed by atoms with Crippen LogP contribution in [0.15, 0.2) is 24.4 Å². The van der Waals surface area contributed by atoms with Gasteiger partial charge in [-0.05, 0) is 43.4 Å². The summed E-state index contributed by atoms with van der Waals surface area (Å²) in [6, 6.07) is 5.70. The first kappa shape index (κ1) is 15.0. The summed E-state index contributed by atoms with van der Waals surface area (Å²) in [6.07, 6.45) is 4.12. The molecular weight excluding hydrogens is 298 g/mol. The minimum Gasteiger partial charge on any atom is -0.355 e. The fraction of sp³-hybridized carbons (Fsp3) is 0.438. The van der Waals surface area contributed by atoms with Gasteiger partial charge in [-0.25, -0.2) is 0 Å². The highest BCUT2D eigenvalue weighted by Gasteiger charge is 2.17. The second kappa shape index (κ2) is 6.48. The average Bonchev–Trinajstić information content (AvgIpc) is 2.52. The summed E-state index contributed by atoms with van der Waals surface area (Å²) >= 11 is 6.05. The Balaban J connectivity index is 1.78. The molecule has 1 aliphatic rings. The Morgan fingerprint density at radius 3 is 2.82 bits per heavy atom. The largest absolute Gasteiger partial charge is 0.355 e. The molecule has 1 N–H and O–H groups in total. The maximum absolute atomic E-state index is 6.05. The van der Waals surface area contributed by atoms with Crippen molar-refractivity contribution in [2.45, 2.75) is 26.7 Å². The summed E-state index contributed by atoms with van der Waals surface area (Å²) < 4.78 is 0. The standard InChI is InChI=1S/C16H20ClN5/c1-11-5-7-22(8-6-11)15-10-18-21-16(20-15)19-14-9-13(17)4-3-12(14)2/h3-4,9-11H,5-8H2,1-2H3,(H,19,20,21). The Morgan fingerprint density at radius 1 is 1.27 bits per heavy atom. The predicted octanol–water partition coefficient (Wildman–Crippen LogP) is 3.81. The van der Waals surface area contributed by atoms with Crippen molar-refractivity contribution >= 4 is 29.1 Å². The molecule has 0 aliphatic carbocycles. The molecule has 1 aliphatic heterocycles. The van der Waals surface area contributed by atoms with E-state index < -0.39 is 0 Å². The molecule has 1 fully saturated rings. The van der Waals surface area contributed by atoms with Crippen molar-refractivity contribution in [1.82, 2.24) is 15.2 Å². The highest BCUT2D eigenvalue weighted by Crippen LogP contribution is 2.24. The number of halogens is 1. The average molecular weight is 318 g/mol. The highest BCUT2D eigenvalue weighted by atomic mass is 35.5. The van der Waals surface area contributed by atoms with Gasteiger partial charge < -0.3 is 10.2 Å². The number of piperidine rings is 1. The summed E-state index contributed by atoms with van der Waals surface area (Å²) in [5.74, 6) is 2.17. The molecule has 0 saturated carbocycles. The lowest BCUT2D eigenvalue weighted by Gasteiger charge is -2.30. The second-order valence-corrected chi connectivity index (χ2v) is 6.33. The van der Waals surface area contributed by atoms with Gasteiger partial charge in [-0.15, -0.1) is 5.10 Å². The van der Waals surface area contributed by atoms with E-state index in [0.717, 1.165) is 36.1 Å². The van der Waals surface area contributed by atoms with Gasteiger partial charge in [0.1, 0.15) is 0 Å². The van der Waals surface area contributed by atoms with E-state index in [4.69, 9.17) is 11.6 Å². The quantitative estimate of drug-likeness (QED) is 0.932. The number of benzene rings is 1. The number of anilines is 3. The highest BCUT2D eigenvalue weighted by molar-refractivity contribution is 6.30. The number of nitrogens with zero attached hydrogens (tertiary/aromatic N) is 4. The summed E-state index contributed by atoms with van der Waals surface area (Å²) in [7, 11) is 0. The molecule has 0 amide bonds. The lowest BCUT2D eigenvalue weighted by molar-refractivity contribution is 0.436. The summed E-state index contributed by atoms with van der Waals surface area (Å²) in [5.41, 5.74) is 1.99. The number of hydrogen-bond acceptors (Lipinski definition) is 5. The molecular formula is C16H20ClN5. The summed E-state index contributed by atoms with van der Waals surface area (Å²) in [4.78, 5) is 6.85. The van der Waals surface area contributed by atoms with Crippen molar-refractivity contribution in [3.05, 3.63) is 35.0 Å². The van der Waals surface area contributed by atoms with Crippen molar-refractivity contribution < 1.29 is 0 Å². The molecule has 0 radical (unpaired) electrons. The molecule has 22 heavy (non-hydrogen) atoms. The Labute approximate surface area is 135 Å². The van der Waals surface area contributed by atoms with Crippen LogP contribution < -0.4 is 10.2 Å². The van der Waals surface area contributed by atoms with E-state index in [1.54, 1.807) is 6.20 Å².